The number of hydrogen-bond acceptors (Lipinski definition) is 1. The summed E-state index contributed by atoms with van der Waals surface area (Å²) in [5, 5.41) is 10.4. The van der Waals surface area contributed by atoms with Gasteiger partial charge in [-0.15, -0.1) is 0 Å². The molecule has 0 aliphatic rings. The fourth-order valence-corrected chi connectivity index (χ4v) is 4.47. The van der Waals surface area contributed by atoms with Gasteiger partial charge in [-0.2, -0.15) is 0 Å². The predicted molar refractivity (Wildman–Crippen MR) is 121 cm³/mol. The number of hydrogen-bond donors (Lipinski definition) is 1. The molecule has 0 amide bonds. The molecule has 1 aromatic rings. The molecule has 0 aliphatic carbocycles. The van der Waals surface area contributed by atoms with Gasteiger partial charge in [0.1, 0.15) is 5.75 Å². The molecule has 27 heavy (non-hydrogen) atoms. The van der Waals surface area contributed by atoms with E-state index in [0.29, 0.717) is 17.6 Å². The first kappa shape index (κ1) is 24.1. The number of unbranched alkanes of at least 4 members (excludes halogenated alkanes) is 10. The van der Waals surface area contributed by atoms with E-state index in [9.17, 15) is 5.11 Å². The lowest BCUT2D eigenvalue weighted by Crippen LogP contribution is -2.13. The summed E-state index contributed by atoms with van der Waals surface area (Å²) in [6, 6.07) is 8.08. The van der Waals surface area contributed by atoms with Gasteiger partial charge < -0.3 is 5.11 Å². The van der Waals surface area contributed by atoms with Crippen LogP contribution >= 0.6 is 0 Å². The number of benzene rings is 1. The van der Waals surface area contributed by atoms with Gasteiger partial charge in [0.05, 0.1) is 0 Å². The van der Waals surface area contributed by atoms with E-state index >= 15 is 0 Å². The minimum Gasteiger partial charge on any atom is -0.508 e. The van der Waals surface area contributed by atoms with E-state index in [4.69, 9.17) is 0 Å². The molecule has 1 nitrogen and oxygen atoms in total. The molecular formula is C26H46O. The molecule has 156 valence electrons. The molecular weight excluding hydrogens is 328 g/mol. The van der Waals surface area contributed by atoms with Crippen LogP contribution in [0.4, 0.5) is 0 Å². The van der Waals surface area contributed by atoms with Gasteiger partial charge in [0.15, 0.2) is 0 Å². The second-order valence-electron chi connectivity index (χ2n) is 8.45. The Kier molecular flexibility index (Phi) is 14.3. The fourth-order valence-electron chi connectivity index (χ4n) is 4.47. The van der Waals surface area contributed by atoms with Crippen LogP contribution in [-0.4, -0.2) is 5.11 Å². The largest absolute Gasteiger partial charge is 0.508 e. The van der Waals surface area contributed by atoms with Gasteiger partial charge in [0.2, 0.25) is 0 Å². The molecule has 0 radical (unpaired) electrons. The highest BCUT2D eigenvalue weighted by Gasteiger charge is 2.23. The Bertz CT molecular complexity index is 453. The Balaban J connectivity index is 2.48. The molecule has 1 N–H and O–H groups in total. The lowest BCUT2D eigenvalue weighted by molar-refractivity contribution is 0.334. The number of para-hydroxylation sites is 1. The normalized spacial score (nSPS) is 13.6. The monoisotopic (exact) mass is 374 g/mol. The molecule has 2 unspecified atom stereocenters. The number of phenolic OH excluding ortho intramolecular Hbond substituents is 1. The van der Waals surface area contributed by atoms with Crippen LogP contribution in [-0.2, 0) is 0 Å². The minimum atomic E-state index is 0.507. The Hall–Kier alpha value is -0.980. The van der Waals surface area contributed by atoms with Gasteiger partial charge in [-0.3, -0.25) is 0 Å². The summed E-state index contributed by atoms with van der Waals surface area (Å²) in [6.07, 6.45) is 20.1. The molecule has 0 heterocycles. The van der Waals surface area contributed by atoms with Crippen molar-refractivity contribution in [1.29, 1.82) is 0 Å². The van der Waals surface area contributed by atoms with Gasteiger partial charge in [0.25, 0.3) is 0 Å². The topological polar surface area (TPSA) is 20.2 Å². The van der Waals surface area contributed by atoms with E-state index in [1.807, 2.05) is 12.1 Å². The molecule has 0 spiro atoms. The van der Waals surface area contributed by atoms with Crippen LogP contribution in [0, 0.1) is 5.92 Å². The smallest absolute Gasteiger partial charge is 0.119 e. The molecule has 0 saturated heterocycles. The summed E-state index contributed by atoms with van der Waals surface area (Å²) in [6.45, 7) is 6.90. The van der Waals surface area contributed by atoms with Crippen molar-refractivity contribution in [1.82, 2.24) is 0 Å². The van der Waals surface area contributed by atoms with Crippen LogP contribution in [0.15, 0.2) is 24.3 Å². The maximum absolute atomic E-state index is 10.4. The highest BCUT2D eigenvalue weighted by molar-refractivity contribution is 5.35. The summed E-state index contributed by atoms with van der Waals surface area (Å²) in [5.41, 5.74) is 1.19. The Morgan fingerprint density at radius 1 is 0.667 bits per heavy atom. The van der Waals surface area contributed by atoms with Crippen molar-refractivity contribution in [2.45, 2.75) is 123 Å². The standard InChI is InChI=1S/C26H46O/c1-4-7-9-10-11-12-13-14-16-20-24(23(6-3)19-15-8-5-2)25-21-17-18-22-26(25)27/h17-18,21-24,27H,4-16,19-20H2,1-3H3. The van der Waals surface area contributed by atoms with Crippen LogP contribution in [0.1, 0.15) is 129 Å². The zero-order chi connectivity index (χ0) is 19.7. The van der Waals surface area contributed by atoms with Crippen LogP contribution in [0.2, 0.25) is 0 Å². The van der Waals surface area contributed by atoms with Crippen molar-refractivity contribution < 1.29 is 5.11 Å². The van der Waals surface area contributed by atoms with Crippen molar-refractivity contribution in [3.63, 3.8) is 0 Å². The fraction of sp³-hybridized carbons (Fsp3) is 0.769. The van der Waals surface area contributed by atoms with Crippen molar-refractivity contribution in [3.05, 3.63) is 29.8 Å². The maximum atomic E-state index is 10.4. The molecule has 1 heteroatoms. The summed E-state index contributed by atoms with van der Waals surface area (Å²) in [4.78, 5) is 0. The Morgan fingerprint density at radius 3 is 1.78 bits per heavy atom. The van der Waals surface area contributed by atoms with E-state index in [1.165, 1.54) is 102 Å². The van der Waals surface area contributed by atoms with Crippen molar-refractivity contribution in [2.75, 3.05) is 0 Å². The third-order valence-electron chi connectivity index (χ3n) is 6.23. The summed E-state index contributed by atoms with van der Waals surface area (Å²) >= 11 is 0. The summed E-state index contributed by atoms with van der Waals surface area (Å²) < 4.78 is 0. The highest BCUT2D eigenvalue weighted by atomic mass is 16.3. The van der Waals surface area contributed by atoms with Crippen LogP contribution < -0.4 is 0 Å². The quantitative estimate of drug-likeness (QED) is 0.270. The SMILES string of the molecule is CCCCCCCCCCCC(c1ccccc1O)C(CC)CCCCC. The Labute approximate surface area is 170 Å². The van der Waals surface area contributed by atoms with Gasteiger partial charge in [-0.05, 0) is 36.3 Å². The molecule has 1 aromatic carbocycles. The van der Waals surface area contributed by atoms with Crippen molar-refractivity contribution in [3.8, 4) is 5.75 Å². The van der Waals surface area contributed by atoms with E-state index in [0.717, 1.165) is 0 Å². The van der Waals surface area contributed by atoms with E-state index in [2.05, 4.69) is 32.9 Å². The van der Waals surface area contributed by atoms with Crippen molar-refractivity contribution in [2.24, 2.45) is 5.92 Å². The van der Waals surface area contributed by atoms with Gasteiger partial charge >= 0.3 is 0 Å². The minimum absolute atomic E-state index is 0.507. The number of aromatic hydroxyl groups is 1. The molecule has 0 fully saturated rings. The molecule has 0 bridgehead atoms. The van der Waals surface area contributed by atoms with E-state index < -0.39 is 0 Å². The first-order valence-electron chi connectivity index (χ1n) is 12.0. The van der Waals surface area contributed by atoms with E-state index in [1.54, 1.807) is 0 Å². The third kappa shape index (κ3) is 10.2. The second kappa shape index (κ2) is 16.0. The lowest BCUT2D eigenvalue weighted by atomic mass is 9.78. The Morgan fingerprint density at radius 2 is 1.19 bits per heavy atom. The van der Waals surface area contributed by atoms with Crippen LogP contribution in [0.5, 0.6) is 5.75 Å². The van der Waals surface area contributed by atoms with Crippen LogP contribution in [0.3, 0.4) is 0 Å². The number of phenols is 1. The van der Waals surface area contributed by atoms with Crippen molar-refractivity contribution >= 4 is 0 Å². The zero-order valence-corrected chi connectivity index (χ0v) is 18.5. The lowest BCUT2D eigenvalue weighted by Gasteiger charge is -2.27. The maximum Gasteiger partial charge on any atom is 0.119 e. The highest BCUT2D eigenvalue weighted by Crippen LogP contribution is 2.39. The molecule has 1 rings (SSSR count). The molecule has 0 aliphatic heterocycles. The van der Waals surface area contributed by atoms with Crippen LogP contribution in [0.25, 0.3) is 0 Å². The average Bonchev–Trinajstić information content (AvgIpc) is 2.68. The second-order valence-corrected chi connectivity index (χ2v) is 8.45. The van der Waals surface area contributed by atoms with Gasteiger partial charge in [-0.1, -0.05) is 122 Å². The van der Waals surface area contributed by atoms with Gasteiger partial charge in [0, 0.05) is 0 Å². The third-order valence-corrected chi connectivity index (χ3v) is 6.23. The van der Waals surface area contributed by atoms with Gasteiger partial charge in [-0.25, -0.2) is 0 Å². The first-order valence-corrected chi connectivity index (χ1v) is 12.0. The summed E-state index contributed by atoms with van der Waals surface area (Å²) in [7, 11) is 0. The average molecular weight is 375 g/mol. The predicted octanol–water partition coefficient (Wildman–Crippen LogP) is 9.00. The molecule has 0 saturated carbocycles. The molecule has 2 atom stereocenters. The zero-order valence-electron chi connectivity index (χ0n) is 18.5. The van der Waals surface area contributed by atoms with E-state index in [-0.39, 0.29) is 0 Å². The first-order chi connectivity index (χ1) is 13.2. The number of rotatable bonds is 17. The summed E-state index contributed by atoms with van der Waals surface area (Å²) in [5.74, 6) is 1.74. The molecule has 0 aromatic heterocycles.